The quantitative estimate of drug-likeness (QED) is 0.753. The van der Waals surface area contributed by atoms with Gasteiger partial charge in [-0.3, -0.25) is 9.59 Å². The van der Waals surface area contributed by atoms with E-state index in [4.69, 9.17) is 0 Å². The average molecular weight is 328 g/mol. The molecular weight excluding hydrogens is 304 g/mol. The van der Waals surface area contributed by atoms with Crippen LogP contribution in [-0.4, -0.2) is 67.2 Å². The lowest BCUT2D eigenvalue weighted by Crippen LogP contribution is -2.51. The second kappa shape index (κ2) is 6.18. The van der Waals surface area contributed by atoms with Crippen LogP contribution in [0.25, 0.3) is 0 Å². The molecule has 0 aliphatic carbocycles. The Morgan fingerprint density at radius 1 is 1.14 bits per heavy atom. The Labute approximate surface area is 131 Å². The Kier molecular flexibility index (Phi) is 4.43. The lowest BCUT2D eigenvalue weighted by Gasteiger charge is -2.39. The van der Waals surface area contributed by atoms with Crippen molar-refractivity contribution in [3.05, 3.63) is 0 Å². The van der Waals surface area contributed by atoms with Crippen LogP contribution in [0.15, 0.2) is 0 Å². The van der Waals surface area contributed by atoms with Crippen molar-refractivity contribution in [2.24, 2.45) is 5.92 Å². The molecule has 0 aromatic rings. The van der Waals surface area contributed by atoms with Crippen LogP contribution in [0.2, 0.25) is 0 Å². The van der Waals surface area contributed by atoms with E-state index in [0.29, 0.717) is 25.9 Å². The van der Waals surface area contributed by atoms with E-state index in [0.717, 1.165) is 32.2 Å². The monoisotopic (exact) mass is 328 g/mol. The van der Waals surface area contributed by atoms with E-state index in [1.54, 1.807) is 0 Å². The minimum absolute atomic E-state index is 0.00228. The molecule has 0 saturated carbocycles. The van der Waals surface area contributed by atoms with E-state index < -0.39 is 9.84 Å². The molecule has 0 aromatic heterocycles. The molecule has 7 heteroatoms. The fourth-order valence-corrected chi connectivity index (χ4v) is 5.59. The topological polar surface area (TPSA) is 74.8 Å². The van der Waals surface area contributed by atoms with Gasteiger partial charge in [-0.15, -0.1) is 0 Å². The van der Waals surface area contributed by atoms with Gasteiger partial charge in [0.25, 0.3) is 0 Å². The largest absolute Gasteiger partial charge is 0.341 e. The van der Waals surface area contributed by atoms with Gasteiger partial charge >= 0.3 is 0 Å². The van der Waals surface area contributed by atoms with Gasteiger partial charge in [-0.2, -0.15) is 0 Å². The molecule has 3 aliphatic heterocycles. The van der Waals surface area contributed by atoms with Crippen LogP contribution >= 0.6 is 0 Å². The first-order valence-electron chi connectivity index (χ1n) is 8.25. The van der Waals surface area contributed by atoms with Gasteiger partial charge in [-0.05, 0) is 32.1 Å². The van der Waals surface area contributed by atoms with Gasteiger partial charge in [0.1, 0.15) is 0 Å². The number of likely N-dealkylation sites (tertiary alicyclic amines) is 2. The van der Waals surface area contributed by atoms with E-state index in [1.165, 1.54) is 0 Å². The summed E-state index contributed by atoms with van der Waals surface area (Å²) in [6.45, 7) is 2.10. The second-order valence-electron chi connectivity index (χ2n) is 6.72. The molecular formula is C15H24N2O4S. The van der Waals surface area contributed by atoms with Crippen molar-refractivity contribution in [3.8, 4) is 0 Å². The molecule has 3 heterocycles. The molecule has 0 bridgehead atoms. The second-order valence-corrected chi connectivity index (χ2v) is 8.95. The summed E-state index contributed by atoms with van der Waals surface area (Å²) in [6, 6.07) is 0.0617. The summed E-state index contributed by atoms with van der Waals surface area (Å²) in [4.78, 5) is 28.2. The maximum atomic E-state index is 12.7. The Morgan fingerprint density at radius 3 is 2.59 bits per heavy atom. The number of carbonyl (C=O) groups is 2. The maximum absolute atomic E-state index is 12.7. The van der Waals surface area contributed by atoms with Crippen molar-refractivity contribution >= 4 is 21.7 Å². The third-order valence-corrected chi connectivity index (χ3v) is 6.86. The summed E-state index contributed by atoms with van der Waals surface area (Å²) in [5, 5.41) is 0. The summed E-state index contributed by atoms with van der Waals surface area (Å²) in [7, 11) is -3.04. The van der Waals surface area contributed by atoms with Crippen molar-refractivity contribution in [1.29, 1.82) is 0 Å². The van der Waals surface area contributed by atoms with Crippen molar-refractivity contribution in [1.82, 2.24) is 9.80 Å². The Hall–Kier alpha value is -1.11. The number of nitrogens with zero attached hydrogens (tertiary/aromatic N) is 2. The van der Waals surface area contributed by atoms with E-state index >= 15 is 0 Å². The molecule has 6 nitrogen and oxygen atoms in total. The standard InChI is InChI=1S/C15H24N2O4S/c18-14-5-3-7-16(14)10-13-4-1-2-8-17(13)15(19)12-6-9-22(20,21)11-12/h12-13H,1-11H2/t12-,13+/m0/s1. The molecule has 0 unspecified atom stereocenters. The van der Waals surface area contributed by atoms with Gasteiger partial charge < -0.3 is 9.80 Å². The minimum atomic E-state index is -3.04. The van der Waals surface area contributed by atoms with Crippen LogP contribution in [-0.2, 0) is 19.4 Å². The molecule has 3 saturated heterocycles. The summed E-state index contributed by atoms with van der Waals surface area (Å²) in [5.74, 6) is -0.0803. The molecule has 3 rings (SSSR count). The van der Waals surface area contributed by atoms with Crippen LogP contribution < -0.4 is 0 Å². The fraction of sp³-hybridized carbons (Fsp3) is 0.867. The Morgan fingerprint density at radius 2 is 1.95 bits per heavy atom. The number of amides is 2. The lowest BCUT2D eigenvalue weighted by atomic mass is 9.98. The highest BCUT2D eigenvalue weighted by Gasteiger charge is 2.39. The Balaban J connectivity index is 1.67. The molecule has 2 amide bonds. The van der Waals surface area contributed by atoms with Crippen LogP contribution in [0.5, 0.6) is 0 Å². The van der Waals surface area contributed by atoms with Crippen LogP contribution in [0.1, 0.15) is 38.5 Å². The van der Waals surface area contributed by atoms with E-state index in [-0.39, 0.29) is 35.3 Å². The summed E-state index contributed by atoms with van der Waals surface area (Å²) < 4.78 is 23.2. The average Bonchev–Trinajstić information content (AvgIpc) is 3.05. The van der Waals surface area contributed by atoms with E-state index in [1.807, 2.05) is 9.80 Å². The van der Waals surface area contributed by atoms with Crippen molar-refractivity contribution in [2.75, 3.05) is 31.1 Å². The number of hydrogen-bond acceptors (Lipinski definition) is 4. The molecule has 3 aliphatic rings. The van der Waals surface area contributed by atoms with Gasteiger partial charge in [-0.25, -0.2) is 8.42 Å². The molecule has 0 spiro atoms. The van der Waals surface area contributed by atoms with Crippen LogP contribution in [0, 0.1) is 5.92 Å². The smallest absolute Gasteiger partial charge is 0.227 e. The highest BCUT2D eigenvalue weighted by atomic mass is 32.2. The molecule has 22 heavy (non-hydrogen) atoms. The van der Waals surface area contributed by atoms with Crippen molar-refractivity contribution < 1.29 is 18.0 Å². The first-order chi connectivity index (χ1) is 10.5. The molecule has 0 radical (unpaired) electrons. The van der Waals surface area contributed by atoms with Gasteiger partial charge in [0, 0.05) is 32.1 Å². The highest BCUT2D eigenvalue weighted by Crippen LogP contribution is 2.26. The molecule has 3 fully saturated rings. The third kappa shape index (κ3) is 3.29. The number of carbonyl (C=O) groups excluding carboxylic acids is 2. The minimum Gasteiger partial charge on any atom is -0.341 e. The van der Waals surface area contributed by atoms with Crippen LogP contribution in [0.3, 0.4) is 0 Å². The molecule has 0 N–H and O–H groups in total. The van der Waals surface area contributed by atoms with Gasteiger partial charge in [0.2, 0.25) is 11.8 Å². The third-order valence-electron chi connectivity index (χ3n) is 5.09. The molecule has 2 atom stereocenters. The van der Waals surface area contributed by atoms with Gasteiger partial charge in [0.05, 0.1) is 17.4 Å². The molecule has 124 valence electrons. The number of piperidine rings is 1. The summed E-state index contributed by atoms with van der Waals surface area (Å²) in [6.07, 6.45) is 4.92. The molecule has 0 aromatic carbocycles. The zero-order valence-corrected chi connectivity index (χ0v) is 13.7. The predicted octanol–water partition coefficient (Wildman–Crippen LogP) is 0.425. The number of rotatable bonds is 3. The highest BCUT2D eigenvalue weighted by molar-refractivity contribution is 7.91. The van der Waals surface area contributed by atoms with Crippen LogP contribution in [0.4, 0.5) is 0 Å². The zero-order chi connectivity index (χ0) is 15.7. The van der Waals surface area contributed by atoms with E-state index in [2.05, 4.69) is 0 Å². The first-order valence-corrected chi connectivity index (χ1v) is 10.1. The first kappa shape index (κ1) is 15.8. The fourth-order valence-electron chi connectivity index (χ4n) is 3.86. The van der Waals surface area contributed by atoms with Gasteiger partial charge in [-0.1, -0.05) is 0 Å². The Bertz CT molecular complexity index is 560. The SMILES string of the molecule is O=C1CCCN1C[C@H]1CCCCN1C(=O)[C@H]1CCS(=O)(=O)C1. The maximum Gasteiger partial charge on any atom is 0.227 e. The van der Waals surface area contributed by atoms with Crippen molar-refractivity contribution in [3.63, 3.8) is 0 Å². The van der Waals surface area contributed by atoms with E-state index in [9.17, 15) is 18.0 Å². The predicted molar refractivity (Wildman–Crippen MR) is 81.9 cm³/mol. The number of hydrogen-bond donors (Lipinski definition) is 0. The lowest BCUT2D eigenvalue weighted by molar-refractivity contribution is -0.140. The summed E-state index contributed by atoms with van der Waals surface area (Å²) >= 11 is 0. The normalized spacial score (nSPS) is 31.7. The van der Waals surface area contributed by atoms with Gasteiger partial charge in [0.15, 0.2) is 9.84 Å². The summed E-state index contributed by atoms with van der Waals surface area (Å²) in [5.41, 5.74) is 0. The van der Waals surface area contributed by atoms with Crippen molar-refractivity contribution in [2.45, 2.75) is 44.6 Å². The zero-order valence-electron chi connectivity index (χ0n) is 12.9. The number of sulfone groups is 1.